The first-order valence-corrected chi connectivity index (χ1v) is 10.6. The van der Waals surface area contributed by atoms with Crippen molar-refractivity contribution in [3.8, 4) is 0 Å². The maximum Gasteiger partial charge on any atom is 0.347 e. The fourth-order valence-electron chi connectivity index (χ4n) is 2.82. The van der Waals surface area contributed by atoms with E-state index in [9.17, 15) is 18.0 Å². The summed E-state index contributed by atoms with van der Waals surface area (Å²) >= 11 is 0. The maximum absolute atomic E-state index is 12.5. The fourth-order valence-corrected chi connectivity index (χ4v) is 3.77. The minimum Gasteiger partial charge on any atom is -0.422 e. The quantitative estimate of drug-likeness (QED) is 0.334. The van der Waals surface area contributed by atoms with Crippen LogP contribution in [0.15, 0.2) is 87.2 Å². The van der Waals surface area contributed by atoms with Crippen LogP contribution in [0.25, 0.3) is 11.0 Å². The molecule has 156 valence electrons. The molecule has 2 N–H and O–H groups in total. The lowest BCUT2D eigenvalue weighted by Gasteiger charge is -2.09. The van der Waals surface area contributed by atoms with E-state index in [2.05, 4.69) is 20.0 Å². The smallest absolute Gasteiger partial charge is 0.347 e. The lowest BCUT2D eigenvalue weighted by molar-refractivity contribution is 0.100. The Balaban J connectivity index is 1.44. The van der Waals surface area contributed by atoms with Crippen molar-refractivity contribution >= 4 is 38.4 Å². The number of sulfonamides is 1. The van der Waals surface area contributed by atoms with Crippen LogP contribution in [0.3, 0.4) is 0 Å². The molecule has 4 rings (SSSR count). The van der Waals surface area contributed by atoms with Gasteiger partial charge in [-0.2, -0.15) is 0 Å². The van der Waals surface area contributed by atoms with Gasteiger partial charge in [0.05, 0.1) is 11.4 Å². The van der Waals surface area contributed by atoms with Gasteiger partial charge in [0.2, 0.25) is 5.95 Å². The van der Waals surface area contributed by atoms with Gasteiger partial charge >= 0.3 is 5.63 Å². The van der Waals surface area contributed by atoms with E-state index >= 15 is 0 Å². The molecule has 0 fully saturated rings. The molecule has 2 heterocycles. The Kier molecular flexibility index (Phi) is 5.46. The van der Waals surface area contributed by atoms with Gasteiger partial charge in [-0.05, 0) is 42.5 Å². The zero-order chi connectivity index (χ0) is 21.8. The van der Waals surface area contributed by atoms with Crippen LogP contribution < -0.4 is 15.7 Å². The zero-order valence-corrected chi connectivity index (χ0v) is 16.8. The number of hydrogen-bond acceptors (Lipinski definition) is 8. The van der Waals surface area contributed by atoms with Crippen molar-refractivity contribution in [3.05, 3.63) is 89.0 Å². The number of nitrogens with zero attached hydrogens (tertiary/aromatic N) is 2. The number of anilines is 2. The van der Waals surface area contributed by atoms with Gasteiger partial charge in [0.15, 0.2) is 5.78 Å². The molecule has 0 aliphatic rings. The van der Waals surface area contributed by atoms with Crippen LogP contribution in [0.2, 0.25) is 0 Å². The SMILES string of the molecule is O=C(CNc1ccc(S(=O)(=O)Nc2ncccn2)cc1)c1cc2ccccc2oc1=O. The number of rotatable bonds is 7. The lowest BCUT2D eigenvalue weighted by atomic mass is 10.1. The average Bonchev–Trinajstić information content (AvgIpc) is 2.77. The lowest BCUT2D eigenvalue weighted by Crippen LogP contribution is -2.21. The van der Waals surface area contributed by atoms with Crippen molar-refractivity contribution in [1.82, 2.24) is 9.97 Å². The van der Waals surface area contributed by atoms with Gasteiger partial charge in [-0.1, -0.05) is 18.2 Å². The second kappa shape index (κ2) is 8.36. The van der Waals surface area contributed by atoms with Gasteiger partial charge < -0.3 is 9.73 Å². The first kappa shape index (κ1) is 20.2. The Hall–Kier alpha value is -4.05. The molecular formula is C21H16N4O5S. The summed E-state index contributed by atoms with van der Waals surface area (Å²) in [7, 11) is -3.85. The second-order valence-electron chi connectivity index (χ2n) is 6.46. The summed E-state index contributed by atoms with van der Waals surface area (Å²) in [6.07, 6.45) is 2.84. The van der Waals surface area contributed by atoms with Crippen LogP contribution in [0.1, 0.15) is 10.4 Å². The molecule has 0 aliphatic heterocycles. The van der Waals surface area contributed by atoms with Crippen LogP contribution in [-0.4, -0.2) is 30.7 Å². The van der Waals surface area contributed by atoms with Crippen molar-refractivity contribution in [2.24, 2.45) is 0 Å². The molecule has 0 spiro atoms. The average molecular weight is 436 g/mol. The van der Waals surface area contributed by atoms with Gasteiger partial charge in [-0.15, -0.1) is 0 Å². The summed E-state index contributed by atoms with van der Waals surface area (Å²) in [6.45, 7) is -0.161. The molecule has 2 aromatic carbocycles. The van der Waals surface area contributed by atoms with Crippen LogP contribution in [0.4, 0.5) is 11.6 Å². The van der Waals surface area contributed by atoms with Crippen LogP contribution in [-0.2, 0) is 10.0 Å². The highest BCUT2D eigenvalue weighted by Gasteiger charge is 2.16. The van der Waals surface area contributed by atoms with Crippen molar-refractivity contribution in [2.45, 2.75) is 4.90 Å². The number of aromatic nitrogens is 2. The largest absolute Gasteiger partial charge is 0.422 e. The number of carbonyl (C=O) groups excluding carboxylic acids is 1. The highest BCUT2D eigenvalue weighted by Crippen LogP contribution is 2.17. The molecule has 0 unspecified atom stereocenters. The van der Waals surface area contributed by atoms with Crippen LogP contribution in [0, 0.1) is 0 Å². The molecule has 0 bridgehead atoms. The molecule has 2 aromatic heterocycles. The first-order chi connectivity index (χ1) is 14.9. The molecule has 9 nitrogen and oxygen atoms in total. The summed E-state index contributed by atoms with van der Waals surface area (Å²) in [6, 6.07) is 15.8. The van der Waals surface area contributed by atoms with E-state index in [0.29, 0.717) is 16.7 Å². The van der Waals surface area contributed by atoms with Crippen molar-refractivity contribution < 1.29 is 17.6 Å². The highest BCUT2D eigenvalue weighted by molar-refractivity contribution is 7.92. The number of benzene rings is 2. The van der Waals surface area contributed by atoms with E-state index in [0.717, 1.165) is 0 Å². The van der Waals surface area contributed by atoms with E-state index in [1.165, 1.54) is 42.7 Å². The number of fused-ring (bicyclic) bond motifs is 1. The third kappa shape index (κ3) is 4.59. The van der Waals surface area contributed by atoms with Crippen molar-refractivity contribution in [1.29, 1.82) is 0 Å². The third-order valence-corrected chi connectivity index (χ3v) is 5.70. The Morgan fingerprint density at radius 3 is 2.42 bits per heavy atom. The Morgan fingerprint density at radius 1 is 0.968 bits per heavy atom. The molecule has 0 saturated carbocycles. The molecule has 0 saturated heterocycles. The normalized spacial score (nSPS) is 11.2. The molecular weight excluding hydrogens is 420 g/mol. The van der Waals surface area contributed by atoms with Gasteiger partial charge in [-0.3, -0.25) is 4.79 Å². The molecule has 4 aromatic rings. The predicted octanol–water partition coefficient (Wildman–Crippen LogP) is 2.68. The molecule has 0 aliphatic carbocycles. The van der Waals surface area contributed by atoms with Gasteiger partial charge in [0, 0.05) is 23.5 Å². The molecule has 0 radical (unpaired) electrons. The zero-order valence-electron chi connectivity index (χ0n) is 16.0. The summed E-state index contributed by atoms with van der Waals surface area (Å²) in [4.78, 5) is 32.2. The Bertz CT molecular complexity index is 1400. The number of para-hydroxylation sites is 1. The number of Topliss-reactive ketones (excluding diaryl/α,β-unsaturated/α-hetero) is 1. The highest BCUT2D eigenvalue weighted by atomic mass is 32.2. The number of hydrogen-bond donors (Lipinski definition) is 2. The molecule has 31 heavy (non-hydrogen) atoms. The summed E-state index contributed by atoms with van der Waals surface area (Å²) in [5, 5.41) is 3.52. The van der Waals surface area contributed by atoms with E-state index in [1.807, 2.05) is 0 Å². The number of carbonyl (C=O) groups is 1. The summed E-state index contributed by atoms with van der Waals surface area (Å²) in [5.74, 6) is -0.483. The Morgan fingerprint density at radius 2 is 1.68 bits per heavy atom. The second-order valence-corrected chi connectivity index (χ2v) is 8.15. The topological polar surface area (TPSA) is 131 Å². The van der Waals surface area contributed by atoms with E-state index in [4.69, 9.17) is 4.42 Å². The van der Waals surface area contributed by atoms with Crippen LogP contribution >= 0.6 is 0 Å². The Labute approximate surface area is 176 Å². The molecule has 10 heteroatoms. The monoisotopic (exact) mass is 436 g/mol. The van der Waals surface area contributed by atoms with E-state index < -0.39 is 21.4 Å². The minimum absolute atomic E-state index is 0.00648. The fraction of sp³-hybridized carbons (Fsp3) is 0.0476. The first-order valence-electron chi connectivity index (χ1n) is 9.12. The number of ketones is 1. The van der Waals surface area contributed by atoms with Gasteiger partial charge in [0.25, 0.3) is 10.0 Å². The number of nitrogens with one attached hydrogen (secondary N) is 2. The standard InChI is InChI=1S/C21H16N4O5S/c26-18(17-12-14-4-1-2-5-19(14)30-20(17)27)13-24-15-6-8-16(9-7-15)31(28,29)25-21-22-10-3-11-23-21/h1-12,24H,13H2,(H,22,23,25). The maximum atomic E-state index is 12.5. The van der Waals surface area contributed by atoms with E-state index in [-0.39, 0.29) is 23.0 Å². The summed E-state index contributed by atoms with van der Waals surface area (Å²) < 4.78 is 32.3. The van der Waals surface area contributed by atoms with E-state index in [1.54, 1.807) is 30.3 Å². The molecule has 0 atom stereocenters. The third-order valence-electron chi connectivity index (χ3n) is 4.35. The van der Waals surface area contributed by atoms with Gasteiger partial charge in [0.1, 0.15) is 11.1 Å². The van der Waals surface area contributed by atoms with Crippen molar-refractivity contribution in [2.75, 3.05) is 16.6 Å². The summed E-state index contributed by atoms with van der Waals surface area (Å²) in [5.41, 5.74) is 0.148. The van der Waals surface area contributed by atoms with Gasteiger partial charge in [-0.25, -0.2) is 27.9 Å². The van der Waals surface area contributed by atoms with Crippen molar-refractivity contribution in [3.63, 3.8) is 0 Å². The van der Waals surface area contributed by atoms with Crippen LogP contribution in [0.5, 0.6) is 0 Å². The molecule has 0 amide bonds. The minimum atomic E-state index is -3.85. The predicted molar refractivity (Wildman–Crippen MR) is 115 cm³/mol.